The maximum Gasteiger partial charge on any atom is 0.335 e. The zero-order valence-electron chi connectivity index (χ0n) is 14.7. The summed E-state index contributed by atoms with van der Waals surface area (Å²) in [6.45, 7) is 3.40. The van der Waals surface area contributed by atoms with Gasteiger partial charge in [-0.1, -0.05) is 12.1 Å². The highest BCUT2D eigenvalue weighted by molar-refractivity contribution is 5.99. The topological polar surface area (TPSA) is 84.6 Å². The molecular formula is C20H19N3O3. The minimum absolute atomic E-state index is 0.0725. The van der Waals surface area contributed by atoms with E-state index in [2.05, 4.69) is 6.07 Å². The average Bonchev–Trinajstić information content (AvgIpc) is 2.61. The van der Waals surface area contributed by atoms with Crippen molar-refractivity contribution in [2.75, 3.05) is 31.6 Å². The van der Waals surface area contributed by atoms with Crippen LogP contribution >= 0.6 is 0 Å². The number of carboxylic acids is 1. The van der Waals surface area contributed by atoms with Gasteiger partial charge in [0.2, 0.25) is 5.91 Å². The van der Waals surface area contributed by atoms with Gasteiger partial charge in [0.15, 0.2) is 0 Å². The number of aromatic carboxylic acids is 1. The molecule has 3 rings (SSSR count). The summed E-state index contributed by atoms with van der Waals surface area (Å²) in [5.41, 5.74) is 3.33. The standard InChI is InChI=1S/C20H19N3O3/c1-13-3-4-18(16(7-13)11-21)14-8-15(20(25)26)10-17(9-14)23-6-5-22(2)12-19(23)24/h3-4,7-10H,5-6,12H2,1-2H3,(H,25,26). The minimum atomic E-state index is -1.07. The van der Waals surface area contributed by atoms with E-state index in [0.29, 0.717) is 42.0 Å². The fraction of sp³-hybridized carbons (Fsp3) is 0.250. The fourth-order valence-electron chi connectivity index (χ4n) is 3.11. The number of carboxylic acid groups (broad SMARTS) is 1. The molecule has 0 bridgehead atoms. The van der Waals surface area contributed by atoms with Crippen molar-refractivity contribution in [1.82, 2.24) is 4.90 Å². The first kappa shape index (κ1) is 17.6. The highest BCUT2D eigenvalue weighted by Crippen LogP contribution is 2.30. The number of amides is 1. The summed E-state index contributed by atoms with van der Waals surface area (Å²) in [5.74, 6) is -1.14. The Morgan fingerprint density at radius 3 is 2.62 bits per heavy atom. The van der Waals surface area contributed by atoms with Gasteiger partial charge in [-0.25, -0.2) is 4.79 Å². The molecule has 1 saturated heterocycles. The van der Waals surface area contributed by atoms with Gasteiger partial charge in [0.05, 0.1) is 23.7 Å². The van der Waals surface area contributed by atoms with Crippen molar-refractivity contribution in [3.05, 3.63) is 53.1 Å². The second kappa shape index (κ2) is 6.98. The van der Waals surface area contributed by atoms with E-state index < -0.39 is 5.97 Å². The summed E-state index contributed by atoms with van der Waals surface area (Å²) in [5, 5.41) is 18.9. The number of benzene rings is 2. The van der Waals surface area contributed by atoms with Crippen molar-refractivity contribution >= 4 is 17.6 Å². The summed E-state index contributed by atoms with van der Waals surface area (Å²) < 4.78 is 0. The Hall–Kier alpha value is -3.17. The van der Waals surface area contributed by atoms with Crippen LogP contribution in [-0.4, -0.2) is 48.6 Å². The number of anilines is 1. The Bertz CT molecular complexity index is 930. The van der Waals surface area contributed by atoms with Gasteiger partial charge >= 0.3 is 5.97 Å². The molecule has 6 nitrogen and oxygen atoms in total. The smallest absolute Gasteiger partial charge is 0.335 e. The highest BCUT2D eigenvalue weighted by atomic mass is 16.4. The lowest BCUT2D eigenvalue weighted by Gasteiger charge is -2.32. The molecule has 0 spiro atoms. The van der Waals surface area contributed by atoms with Crippen LogP contribution in [0.1, 0.15) is 21.5 Å². The SMILES string of the molecule is Cc1ccc(-c2cc(C(=O)O)cc(N3CCN(C)CC3=O)c2)c(C#N)c1. The third-order valence-corrected chi connectivity index (χ3v) is 4.49. The van der Waals surface area contributed by atoms with E-state index in [1.54, 1.807) is 17.0 Å². The summed E-state index contributed by atoms with van der Waals surface area (Å²) in [6, 6.07) is 12.4. The predicted octanol–water partition coefficient (Wildman–Crippen LogP) is 2.51. The van der Waals surface area contributed by atoms with E-state index in [4.69, 9.17) is 0 Å². The Morgan fingerprint density at radius 2 is 1.96 bits per heavy atom. The monoisotopic (exact) mass is 349 g/mol. The van der Waals surface area contributed by atoms with Crippen molar-refractivity contribution in [2.45, 2.75) is 6.92 Å². The first-order valence-corrected chi connectivity index (χ1v) is 8.27. The molecule has 2 aromatic rings. The molecule has 132 valence electrons. The number of hydrogen-bond acceptors (Lipinski definition) is 4. The molecule has 0 aromatic heterocycles. The van der Waals surface area contributed by atoms with Gasteiger partial charge in [-0.2, -0.15) is 5.26 Å². The first-order valence-electron chi connectivity index (χ1n) is 8.27. The molecule has 1 fully saturated rings. The van der Waals surface area contributed by atoms with Crippen LogP contribution in [0.3, 0.4) is 0 Å². The summed E-state index contributed by atoms with van der Waals surface area (Å²) in [6.07, 6.45) is 0. The second-order valence-corrected chi connectivity index (χ2v) is 6.52. The molecule has 1 amide bonds. The molecule has 0 saturated carbocycles. The maximum atomic E-state index is 12.4. The predicted molar refractivity (Wildman–Crippen MR) is 98.1 cm³/mol. The molecule has 1 heterocycles. The van der Waals surface area contributed by atoms with Crippen LogP contribution in [0.5, 0.6) is 0 Å². The second-order valence-electron chi connectivity index (χ2n) is 6.52. The van der Waals surface area contributed by atoms with Gasteiger partial charge in [0.1, 0.15) is 0 Å². The highest BCUT2D eigenvalue weighted by Gasteiger charge is 2.24. The molecular weight excluding hydrogens is 330 g/mol. The van der Waals surface area contributed by atoms with E-state index in [1.807, 2.05) is 31.0 Å². The number of nitriles is 1. The lowest BCUT2D eigenvalue weighted by Crippen LogP contribution is -2.49. The third-order valence-electron chi connectivity index (χ3n) is 4.49. The van der Waals surface area contributed by atoms with Crippen molar-refractivity contribution in [3.8, 4) is 17.2 Å². The molecule has 1 N–H and O–H groups in total. The van der Waals surface area contributed by atoms with Crippen LogP contribution in [0, 0.1) is 18.3 Å². The number of carbonyl (C=O) groups is 2. The van der Waals surface area contributed by atoms with Crippen molar-refractivity contribution in [2.24, 2.45) is 0 Å². The lowest BCUT2D eigenvalue weighted by molar-refractivity contribution is -0.120. The van der Waals surface area contributed by atoms with E-state index in [-0.39, 0.29) is 11.5 Å². The summed E-state index contributed by atoms with van der Waals surface area (Å²) in [4.78, 5) is 27.5. The molecule has 0 unspecified atom stereocenters. The molecule has 26 heavy (non-hydrogen) atoms. The van der Waals surface area contributed by atoms with E-state index in [1.165, 1.54) is 12.1 Å². The quantitative estimate of drug-likeness (QED) is 0.920. The molecule has 6 heteroatoms. The third kappa shape index (κ3) is 3.44. The van der Waals surface area contributed by atoms with E-state index in [9.17, 15) is 20.0 Å². The summed E-state index contributed by atoms with van der Waals surface area (Å²) >= 11 is 0. The molecule has 0 atom stereocenters. The van der Waals surface area contributed by atoms with Crippen LogP contribution in [0.4, 0.5) is 5.69 Å². The maximum absolute atomic E-state index is 12.4. The number of nitrogens with zero attached hydrogens (tertiary/aromatic N) is 3. The zero-order chi connectivity index (χ0) is 18.8. The summed E-state index contributed by atoms with van der Waals surface area (Å²) in [7, 11) is 1.87. The van der Waals surface area contributed by atoms with Crippen molar-refractivity contribution in [1.29, 1.82) is 5.26 Å². The van der Waals surface area contributed by atoms with E-state index >= 15 is 0 Å². The van der Waals surface area contributed by atoms with Gasteiger partial charge in [0, 0.05) is 18.8 Å². The van der Waals surface area contributed by atoms with E-state index in [0.717, 1.165) is 5.56 Å². The number of carbonyl (C=O) groups excluding carboxylic acids is 1. The minimum Gasteiger partial charge on any atom is -0.478 e. The van der Waals surface area contributed by atoms with Gasteiger partial charge < -0.3 is 10.0 Å². The number of hydrogen-bond donors (Lipinski definition) is 1. The zero-order valence-corrected chi connectivity index (χ0v) is 14.7. The number of piperazine rings is 1. The van der Waals surface area contributed by atoms with Gasteiger partial charge in [-0.15, -0.1) is 0 Å². The molecule has 0 aliphatic carbocycles. The van der Waals surface area contributed by atoms with Crippen LogP contribution in [0.25, 0.3) is 11.1 Å². The van der Waals surface area contributed by atoms with Gasteiger partial charge in [-0.3, -0.25) is 9.69 Å². The normalized spacial score (nSPS) is 15.0. The van der Waals surface area contributed by atoms with Gasteiger partial charge in [-0.05, 0) is 54.9 Å². The number of aryl methyl sites for hydroxylation is 1. The average molecular weight is 349 g/mol. The molecule has 0 radical (unpaired) electrons. The van der Waals surface area contributed by atoms with Crippen LogP contribution in [-0.2, 0) is 4.79 Å². The Balaban J connectivity index is 2.13. The van der Waals surface area contributed by atoms with Crippen molar-refractivity contribution in [3.63, 3.8) is 0 Å². The lowest BCUT2D eigenvalue weighted by atomic mass is 9.96. The Morgan fingerprint density at radius 1 is 1.19 bits per heavy atom. The number of rotatable bonds is 3. The molecule has 1 aliphatic rings. The Labute approximate surface area is 151 Å². The van der Waals surface area contributed by atoms with Crippen LogP contribution in [0.2, 0.25) is 0 Å². The molecule has 1 aliphatic heterocycles. The van der Waals surface area contributed by atoms with Crippen LogP contribution < -0.4 is 4.90 Å². The van der Waals surface area contributed by atoms with Gasteiger partial charge in [0.25, 0.3) is 0 Å². The largest absolute Gasteiger partial charge is 0.478 e. The Kier molecular flexibility index (Phi) is 4.74. The number of likely N-dealkylation sites (N-methyl/N-ethyl adjacent to an activating group) is 1. The first-order chi connectivity index (χ1) is 12.4. The molecule has 2 aromatic carbocycles. The van der Waals surface area contributed by atoms with Crippen LogP contribution in [0.15, 0.2) is 36.4 Å². The van der Waals surface area contributed by atoms with Crippen molar-refractivity contribution < 1.29 is 14.7 Å². The fourth-order valence-corrected chi connectivity index (χ4v) is 3.11.